The molecule has 0 aliphatic rings. The maximum Gasteiger partial charge on any atom is 0.309 e. The van der Waals surface area contributed by atoms with E-state index in [2.05, 4.69) is 130 Å². The zero-order chi connectivity index (χ0) is 46.5. The van der Waals surface area contributed by atoms with Gasteiger partial charge in [0.25, 0.3) is 0 Å². The van der Waals surface area contributed by atoms with Crippen LogP contribution in [0.25, 0.3) is 0 Å². The van der Waals surface area contributed by atoms with E-state index in [1.54, 1.807) is 6.08 Å². The van der Waals surface area contributed by atoms with Crippen molar-refractivity contribution < 1.29 is 28.6 Å². The molecule has 0 saturated carbocycles. The largest absolute Gasteiger partial charge is 0.462 e. The number of allylic oxidation sites excluding steroid dienone is 21. The minimum absolute atomic E-state index is 0.113. The first kappa shape index (κ1) is 59.5. The molecular formula is C58H90O6. The number of ether oxygens (including phenoxy) is 3. The van der Waals surface area contributed by atoms with Crippen molar-refractivity contribution >= 4 is 17.9 Å². The van der Waals surface area contributed by atoms with Gasteiger partial charge in [0.05, 0.1) is 6.42 Å². The van der Waals surface area contributed by atoms with Gasteiger partial charge in [-0.1, -0.05) is 212 Å². The van der Waals surface area contributed by atoms with Crippen LogP contribution in [-0.4, -0.2) is 37.2 Å². The molecule has 6 heteroatoms. The molecule has 0 bridgehead atoms. The lowest BCUT2D eigenvalue weighted by atomic mass is 10.1. The first-order valence-corrected chi connectivity index (χ1v) is 25.2. The Kier molecular flexibility index (Phi) is 47.6. The molecule has 0 amide bonds. The third-order valence-electron chi connectivity index (χ3n) is 9.94. The van der Waals surface area contributed by atoms with E-state index >= 15 is 0 Å². The molecule has 0 aromatic heterocycles. The Morgan fingerprint density at radius 1 is 0.359 bits per heavy atom. The van der Waals surface area contributed by atoms with Gasteiger partial charge >= 0.3 is 17.9 Å². The maximum absolute atomic E-state index is 12.8. The second kappa shape index (κ2) is 51.2. The second-order valence-electron chi connectivity index (χ2n) is 16.0. The number of rotatable bonds is 43. The van der Waals surface area contributed by atoms with E-state index < -0.39 is 12.1 Å². The summed E-state index contributed by atoms with van der Waals surface area (Å²) in [6.07, 6.45) is 72.0. The van der Waals surface area contributed by atoms with Crippen molar-refractivity contribution in [2.75, 3.05) is 13.2 Å². The molecule has 0 aliphatic heterocycles. The standard InChI is InChI=1S/C58H90O6/c1-4-7-10-13-16-19-21-23-25-27-29-31-32-34-36-39-42-45-48-51-57(60)63-54-55(53-62-56(59)50-47-44-41-38-18-15-12-9-6-3)64-58(61)52-49-46-43-40-37-35-33-30-28-26-24-22-20-17-14-11-8-5-2/h7,9-10,12,16,18-19,23,25-26,28-31,33-34,36,38,42,44-45,47,55H,4-6,8,11,13-15,17,20-22,24,27,32,35,37,39-41,43,46,48-54H2,1-3H3/b10-7-,12-9-,19-16-,25-23-,28-26-,31-29-,33-30-,36-34-,38-18-,45-42-,47-44-. The maximum atomic E-state index is 12.8. The van der Waals surface area contributed by atoms with Gasteiger partial charge in [0.15, 0.2) is 6.10 Å². The minimum atomic E-state index is -0.856. The summed E-state index contributed by atoms with van der Waals surface area (Å²) in [7, 11) is 0. The molecule has 358 valence electrons. The molecule has 0 fully saturated rings. The quantitative estimate of drug-likeness (QED) is 0.0200. The predicted octanol–water partition coefficient (Wildman–Crippen LogP) is 16.7. The number of hydrogen-bond donors (Lipinski definition) is 0. The number of esters is 3. The number of carbonyl (C=O) groups is 3. The molecule has 0 spiro atoms. The lowest BCUT2D eigenvalue weighted by Gasteiger charge is -2.18. The van der Waals surface area contributed by atoms with Gasteiger partial charge in [-0.3, -0.25) is 14.4 Å². The third-order valence-corrected chi connectivity index (χ3v) is 9.94. The molecule has 1 unspecified atom stereocenters. The van der Waals surface area contributed by atoms with Crippen molar-refractivity contribution in [2.45, 2.75) is 200 Å². The summed E-state index contributed by atoms with van der Waals surface area (Å²) < 4.78 is 16.5. The van der Waals surface area contributed by atoms with Gasteiger partial charge in [-0.05, 0) is 96.3 Å². The zero-order valence-corrected chi connectivity index (χ0v) is 40.7. The average molecular weight is 883 g/mol. The topological polar surface area (TPSA) is 78.9 Å². The summed E-state index contributed by atoms with van der Waals surface area (Å²) in [4.78, 5) is 37.8. The third kappa shape index (κ3) is 48.6. The molecule has 0 N–H and O–H groups in total. The van der Waals surface area contributed by atoms with Gasteiger partial charge in [-0.15, -0.1) is 0 Å². The molecule has 64 heavy (non-hydrogen) atoms. The fourth-order valence-corrected chi connectivity index (χ4v) is 6.22. The molecule has 0 aliphatic carbocycles. The van der Waals surface area contributed by atoms with Gasteiger partial charge in [0.2, 0.25) is 0 Å². The zero-order valence-electron chi connectivity index (χ0n) is 40.7. The Labute approximate surface area is 392 Å². The van der Waals surface area contributed by atoms with E-state index in [1.165, 1.54) is 44.9 Å². The van der Waals surface area contributed by atoms with Crippen LogP contribution in [0.5, 0.6) is 0 Å². The lowest BCUT2D eigenvalue weighted by Crippen LogP contribution is -2.30. The summed E-state index contributed by atoms with van der Waals surface area (Å²) in [5, 5.41) is 0. The highest BCUT2D eigenvalue weighted by Gasteiger charge is 2.19. The lowest BCUT2D eigenvalue weighted by molar-refractivity contribution is -0.166. The van der Waals surface area contributed by atoms with Gasteiger partial charge in [-0.2, -0.15) is 0 Å². The summed E-state index contributed by atoms with van der Waals surface area (Å²) >= 11 is 0. The Morgan fingerprint density at radius 3 is 1.22 bits per heavy atom. The smallest absolute Gasteiger partial charge is 0.309 e. The molecule has 0 rings (SSSR count). The summed E-state index contributed by atoms with van der Waals surface area (Å²) in [6.45, 7) is 6.20. The van der Waals surface area contributed by atoms with Crippen LogP contribution in [0.2, 0.25) is 0 Å². The highest BCUT2D eigenvalue weighted by atomic mass is 16.6. The molecule has 0 saturated heterocycles. The van der Waals surface area contributed by atoms with Crippen molar-refractivity contribution in [3.8, 4) is 0 Å². The van der Waals surface area contributed by atoms with Crippen LogP contribution in [0.3, 0.4) is 0 Å². The van der Waals surface area contributed by atoms with Crippen LogP contribution in [0.4, 0.5) is 0 Å². The number of carbonyl (C=O) groups excluding carboxylic acids is 3. The SMILES string of the molecule is CC/C=C\C/C=C\C/C=C\C/C=C\C/C=C\C/C=C\CCC(=O)OCC(COC(=O)C/C=C\C/C=C\C/C=C\CC)OC(=O)CCCCCCC/C=C\C=C/CCCCCCCCC. The molecule has 0 aromatic carbocycles. The van der Waals surface area contributed by atoms with Crippen LogP contribution >= 0.6 is 0 Å². The second-order valence-corrected chi connectivity index (χ2v) is 16.0. The van der Waals surface area contributed by atoms with Crippen LogP contribution < -0.4 is 0 Å². The van der Waals surface area contributed by atoms with E-state index in [0.717, 1.165) is 103 Å². The van der Waals surface area contributed by atoms with E-state index in [4.69, 9.17) is 14.2 Å². The average Bonchev–Trinajstić information content (AvgIpc) is 3.29. The van der Waals surface area contributed by atoms with Crippen molar-refractivity contribution in [1.29, 1.82) is 0 Å². The van der Waals surface area contributed by atoms with Gasteiger partial charge in [0.1, 0.15) is 13.2 Å². The van der Waals surface area contributed by atoms with Crippen molar-refractivity contribution in [3.05, 3.63) is 134 Å². The summed E-state index contributed by atoms with van der Waals surface area (Å²) in [5.74, 6) is -1.19. The Morgan fingerprint density at radius 2 is 0.750 bits per heavy atom. The van der Waals surface area contributed by atoms with Gasteiger partial charge in [0, 0.05) is 12.8 Å². The fourth-order valence-electron chi connectivity index (χ4n) is 6.22. The summed E-state index contributed by atoms with van der Waals surface area (Å²) in [6, 6.07) is 0. The van der Waals surface area contributed by atoms with E-state index in [-0.39, 0.29) is 44.4 Å². The van der Waals surface area contributed by atoms with Crippen LogP contribution in [-0.2, 0) is 28.6 Å². The van der Waals surface area contributed by atoms with Crippen LogP contribution in [0.15, 0.2) is 134 Å². The fraction of sp³-hybridized carbons (Fsp3) is 0.569. The van der Waals surface area contributed by atoms with Crippen LogP contribution in [0.1, 0.15) is 194 Å². The van der Waals surface area contributed by atoms with E-state index in [9.17, 15) is 14.4 Å². The molecule has 0 heterocycles. The Bertz CT molecular complexity index is 1430. The van der Waals surface area contributed by atoms with Crippen LogP contribution in [0, 0.1) is 0 Å². The van der Waals surface area contributed by atoms with E-state index in [1.807, 2.05) is 18.2 Å². The summed E-state index contributed by atoms with van der Waals surface area (Å²) in [5.41, 5.74) is 0. The van der Waals surface area contributed by atoms with Crippen molar-refractivity contribution in [2.24, 2.45) is 0 Å². The minimum Gasteiger partial charge on any atom is -0.462 e. The van der Waals surface area contributed by atoms with Gasteiger partial charge < -0.3 is 14.2 Å². The highest BCUT2D eigenvalue weighted by Crippen LogP contribution is 2.11. The molecule has 1 atom stereocenters. The normalized spacial score (nSPS) is 13.2. The monoisotopic (exact) mass is 883 g/mol. The molecule has 0 aromatic rings. The molecular weight excluding hydrogens is 793 g/mol. The van der Waals surface area contributed by atoms with Gasteiger partial charge in [-0.25, -0.2) is 0 Å². The Balaban J connectivity index is 4.55. The van der Waals surface area contributed by atoms with E-state index in [0.29, 0.717) is 6.42 Å². The first-order chi connectivity index (χ1) is 31.5. The number of unbranched alkanes of at least 4 members (excludes halogenated alkanes) is 12. The number of hydrogen-bond acceptors (Lipinski definition) is 6. The molecule has 6 nitrogen and oxygen atoms in total. The van der Waals surface area contributed by atoms with Crippen molar-refractivity contribution in [1.82, 2.24) is 0 Å². The molecule has 0 radical (unpaired) electrons. The van der Waals surface area contributed by atoms with Crippen molar-refractivity contribution in [3.63, 3.8) is 0 Å². The Hall–Kier alpha value is -4.45. The highest BCUT2D eigenvalue weighted by molar-refractivity contribution is 5.72. The first-order valence-electron chi connectivity index (χ1n) is 25.2. The predicted molar refractivity (Wildman–Crippen MR) is 274 cm³/mol.